The van der Waals surface area contributed by atoms with E-state index in [0.717, 1.165) is 33.5 Å². The van der Waals surface area contributed by atoms with Crippen molar-refractivity contribution < 1.29 is 0 Å². The van der Waals surface area contributed by atoms with E-state index in [4.69, 9.17) is 0 Å². The van der Waals surface area contributed by atoms with Gasteiger partial charge < -0.3 is 9.88 Å². The number of halogens is 1. The lowest BCUT2D eigenvalue weighted by Gasteiger charge is -2.12. The summed E-state index contributed by atoms with van der Waals surface area (Å²) < 4.78 is 3.40. The number of fused-ring (bicyclic) bond motifs is 3. The second-order valence-corrected chi connectivity index (χ2v) is 10.2. The maximum atomic E-state index is 4.68. The van der Waals surface area contributed by atoms with Gasteiger partial charge in [-0.3, -0.25) is 10.4 Å². The number of pyridine rings is 1. The number of thioether (sulfide) groups is 1. The van der Waals surface area contributed by atoms with Crippen molar-refractivity contribution in [2.24, 2.45) is 5.10 Å². The molecule has 3 heterocycles. The molecule has 0 bridgehead atoms. The topological polar surface area (TPSA) is 54.2 Å². The molecule has 0 aliphatic carbocycles. The third-order valence-corrected chi connectivity index (χ3v) is 7.41. The molecular formula is C28H22BrN5S. The normalized spacial score (nSPS) is 15.6. The molecule has 172 valence electrons. The molecule has 1 aliphatic heterocycles. The summed E-state index contributed by atoms with van der Waals surface area (Å²) in [5.41, 5.74) is 9.79. The molecule has 6 rings (SSSR count). The van der Waals surface area contributed by atoms with Gasteiger partial charge in [-0.15, -0.1) is 0 Å². The lowest BCUT2D eigenvalue weighted by atomic mass is 10.2. The quantitative estimate of drug-likeness (QED) is 0.190. The Morgan fingerprint density at radius 2 is 1.77 bits per heavy atom. The Kier molecular flexibility index (Phi) is 6.02. The van der Waals surface area contributed by atoms with Crippen LogP contribution in [-0.2, 0) is 6.54 Å². The van der Waals surface area contributed by atoms with Crippen molar-refractivity contribution in [2.75, 3.05) is 0 Å². The van der Waals surface area contributed by atoms with Crippen molar-refractivity contribution in [3.63, 3.8) is 0 Å². The van der Waals surface area contributed by atoms with E-state index in [1.54, 1.807) is 18.0 Å². The molecule has 0 spiro atoms. The summed E-state index contributed by atoms with van der Waals surface area (Å²) in [5.74, 6) is 0. The van der Waals surface area contributed by atoms with Gasteiger partial charge >= 0.3 is 0 Å². The van der Waals surface area contributed by atoms with Crippen LogP contribution in [0.2, 0.25) is 0 Å². The molecular weight excluding hydrogens is 518 g/mol. The van der Waals surface area contributed by atoms with Gasteiger partial charge in [-0.1, -0.05) is 88.4 Å². The number of rotatable bonds is 6. The molecule has 0 radical (unpaired) electrons. The standard InChI is InChI=1S/C28H22BrN5S/c29-21-12-10-20(11-13-21)25-18-35-28(32-25)33-31-15-22-14-24-23-8-4-5-9-26(23)34(27(24)16-30-22)17-19-6-2-1-3-7-19/h1-16,18,28,32-33H,17H2. The van der Waals surface area contributed by atoms with Gasteiger partial charge in [0, 0.05) is 27.3 Å². The molecule has 2 aromatic heterocycles. The third kappa shape index (κ3) is 4.57. The van der Waals surface area contributed by atoms with E-state index < -0.39 is 0 Å². The summed E-state index contributed by atoms with van der Waals surface area (Å²) in [6.07, 6.45) is 3.73. The fourth-order valence-electron chi connectivity index (χ4n) is 4.33. The van der Waals surface area contributed by atoms with Crippen molar-refractivity contribution in [2.45, 2.75) is 12.0 Å². The van der Waals surface area contributed by atoms with Crippen molar-refractivity contribution in [1.82, 2.24) is 20.3 Å². The van der Waals surface area contributed by atoms with Crippen LogP contribution in [0.15, 0.2) is 106 Å². The van der Waals surface area contributed by atoms with Crippen LogP contribution in [0.3, 0.4) is 0 Å². The van der Waals surface area contributed by atoms with Crippen LogP contribution in [0.4, 0.5) is 0 Å². The van der Waals surface area contributed by atoms with E-state index in [2.05, 4.69) is 113 Å². The zero-order valence-electron chi connectivity index (χ0n) is 18.7. The first kappa shape index (κ1) is 21.9. The zero-order chi connectivity index (χ0) is 23.6. The summed E-state index contributed by atoms with van der Waals surface area (Å²) >= 11 is 5.14. The van der Waals surface area contributed by atoms with Crippen LogP contribution in [-0.4, -0.2) is 21.3 Å². The Labute approximate surface area is 216 Å². The van der Waals surface area contributed by atoms with Crippen molar-refractivity contribution >= 4 is 61.4 Å². The number of aromatic nitrogens is 2. The van der Waals surface area contributed by atoms with E-state index in [1.165, 1.54) is 21.9 Å². The van der Waals surface area contributed by atoms with Gasteiger partial charge in [0.2, 0.25) is 0 Å². The third-order valence-electron chi connectivity index (χ3n) is 6.02. The molecule has 2 N–H and O–H groups in total. The summed E-state index contributed by atoms with van der Waals surface area (Å²) in [4.78, 5) is 4.68. The average molecular weight is 540 g/mol. The molecule has 0 fully saturated rings. The molecule has 1 unspecified atom stereocenters. The van der Waals surface area contributed by atoms with Crippen molar-refractivity contribution in [3.05, 3.63) is 118 Å². The second-order valence-electron chi connectivity index (χ2n) is 8.30. The Hall–Kier alpha value is -3.55. The second kappa shape index (κ2) is 9.60. The van der Waals surface area contributed by atoms with Gasteiger partial charge in [0.05, 0.1) is 29.3 Å². The van der Waals surface area contributed by atoms with Crippen molar-refractivity contribution in [1.29, 1.82) is 0 Å². The fourth-order valence-corrected chi connectivity index (χ4v) is 5.39. The number of para-hydroxylation sites is 1. The van der Waals surface area contributed by atoms with Crippen LogP contribution in [0, 0.1) is 0 Å². The number of hydrazone groups is 1. The molecule has 3 aromatic carbocycles. The monoisotopic (exact) mass is 539 g/mol. The molecule has 1 atom stereocenters. The Bertz CT molecular complexity index is 1560. The van der Waals surface area contributed by atoms with Crippen LogP contribution in [0.5, 0.6) is 0 Å². The predicted octanol–water partition coefficient (Wildman–Crippen LogP) is 6.54. The summed E-state index contributed by atoms with van der Waals surface area (Å²) in [5, 5.41) is 12.4. The highest BCUT2D eigenvalue weighted by molar-refractivity contribution is 9.10. The first-order valence-corrected chi connectivity index (χ1v) is 13.1. The summed E-state index contributed by atoms with van der Waals surface area (Å²) in [7, 11) is 0. The largest absolute Gasteiger partial charge is 0.355 e. The maximum absolute atomic E-state index is 4.68. The number of hydrogen-bond acceptors (Lipinski definition) is 5. The van der Waals surface area contributed by atoms with Crippen molar-refractivity contribution in [3.8, 4) is 0 Å². The highest BCUT2D eigenvalue weighted by Crippen LogP contribution is 2.30. The van der Waals surface area contributed by atoms with Crippen LogP contribution >= 0.6 is 27.7 Å². The van der Waals surface area contributed by atoms with Gasteiger partial charge in [-0.2, -0.15) is 5.10 Å². The van der Waals surface area contributed by atoms with E-state index >= 15 is 0 Å². The molecule has 35 heavy (non-hydrogen) atoms. The number of benzene rings is 3. The minimum absolute atomic E-state index is 0.0265. The molecule has 7 heteroatoms. The minimum atomic E-state index is -0.0265. The Balaban J connectivity index is 1.21. The van der Waals surface area contributed by atoms with Crippen LogP contribution in [0.1, 0.15) is 16.8 Å². The van der Waals surface area contributed by atoms with Crippen LogP contribution < -0.4 is 10.7 Å². The fraction of sp³-hybridized carbons (Fsp3) is 0.0714. The van der Waals surface area contributed by atoms with E-state index in [0.29, 0.717) is 0 Å². The average Bonchev–Trinajstić information content (AvgIpc) is 3.49. The molecule has 0 saturated carbocycles. The molecule has 5 nitrogen and oxygen atoms in total. The zero-order valence-corrected chi connectivity index (χ0v) is 21.1. The van der Waals surface area contributed by atoms with E-state index in [-0.39, 0.29) is 5.50 Å². The van der Waals surface area contributed by atoms with E-state index in [9.17, 15) is 0 Å². The highest BCUT2D eigenvalue weighted by atomic mass is 79.9. The highest BCUT2D eigenvalue weighted by Gasteiger charge is 2.17. The Morgan fingerprint density at radius 1 is 0.971 bits per heavy atom. The Morgan fingerprint density at radius 3 is 2.63 bits per heavy atom. The van der Waals surface area contributed by atoms with Crippen LogP contribution in [0.25, 0.3) is 27.5 Å². The lowest BCUT2D eigenvalue weighted by Crippen LogP contribution is -2.31. The SMILES string of the molecule is Brc1ccc(C2=CSC(NN=Cc3cc4c5ccccc5n(Cc5ccccc5)c4cn3)N2)cc1. The molecule has 1 aliphatic rings. The van der Waals surface area contributed by atoms with Gasteiger partial charge in [0.1, 0.15) is 0 Å². The maximum Gasteiger partial charge on any atom is 0.165 e. The molecule has 0 saturated heterocycles. The van der Waals surface area contributed by atoms with Gasteiger partial charge in [0.25, 0.3) is 0 Å². The van der Waals surface area contributed by atoms with Gasteiger partial charge in [-0.05, 0) is 40.8 Å². The van der Waals surface area contributed by atoms with Gasteiger partial charge in [-0.25, -0.2) is 0 Å². The smallest absolute Gasteiger partial charge is 0.165 e. The molecule has 5 aromatic rings. The van der Waals surface area contributed by atoms with Gasteiger partial charge in [0.15, 0.2) is 5.50 Å². The number of hydrogen-bond donors (Lipinski definition) is 2. The van der Waals surface area contributed by atoms with E-state index in [1.807, 2.05) is 24.4 Å². The molecule has 0 amide bonds. The number of nitrogens with zero attached hydrogens (tertiary/aromatic N) is 3. The minimum Gasteiger partial charge on any atom is -0.355 e. The number of nitrogens with one attached hydrogen (secondary N) is 2. The first-order chi connectivity index (χ1) is 17.2. The summed E-state index contributed by atoms with van der Waals surface area (Å²) in [6, 6.07) is 29.4. The lowest BCUT2D eigenvalue weighted by molar-refractivity contribution is 0.657. The first-order valence-electron chi connectivity index (χ1n) is 11.3. The predicted molar refractivity (Wildman–Crippen MR) is 150 cm³/mol. The summed E-state index contributed by atoms with van der Waals surface area (Å²) in [6.45, 7) is 0.805.